The Bertz CT molecular complexity index is 328. The summed E-state index contributed by atoms with van der Waals surface area (Å²) >= 11 is 17.8. The van der Waals surface area contributed by atoms with E-state index in [4.69, 9.17) is 39.5 Å². The van der Waals surface area contributed by atoms with Crippen LogP contribution in [0.2, 0.25) is 10.0 Å². The molecule has 0 bridgehead atoms. The topological polar surface area (TPSA) is 9.23 Å². The molecule has 4 heteroatoms. The molecule has 1 aromatic rings. The third-order valence-electron chi connectivity index (χ3n) is 2.27. The van der Waals surface area contributed by atoms with Crippen molar-refractivity contribution in [2.45, 2.75) is 25.9 Å². The fourth-order valence-electron chi connectivity index (χ4n) is 1.35. The number of ether oxygens (including phenoxy) is 1. The van der Waals surface area contributed by atoms with Crippen molar-refractivity contribution in [1.29, 1.82) is 0 Å². The second kappa shape index (κ2) is 7.39. The van der Waals surface area contributed by atoms with Crippen LogP contribution < -0.4 is 0 Å². The first-order valence-electron chi connectivity index (χ1n) is 5.31. The average Bonchev–Trinajstić information content (AvgIpc) is 2.26. The lowest BCUT2D eigenvalue weighted by Crippen LogP contribution is -2.07. The van der Waals surface area contributed by atoms with E-state index in [0.717, 1.165) is 18.4 Å². The molecule has 0 N–H and O–H groups in total. The monoisotopic (exact) mass is 280 g/mol. The fraction of sp³-hybridized carbons (Fsp3) is 0.500. The molecule has 1 nitrogen and oxygen atoms in total. The van der Waals surface area contributed by atoms with Gasteiger partial charge in [0.25, 0.3) is 0 Å². The second-order valence-corrected chi connectivity index (χ2v) is 4.69. The van der Waals surface area contributed by atoms with E-state index in [1.807, 2.05) is 6.07 Å². The summed E-state index contributed by atoms with van der Waals surface area (Å²) in [4.78, 5) is 0. The third-order valence-corrected chi connectivity index (χ3v) is 3.11. The summed E-state index contributed by atoms with van der Waals surface area (Å²) in [5.74, 6) is 0.394. The van der Waals surface area contributed by atoms with E-state index < -0.39 is 0 Å². The van der Waals surface area contributed by atoms with Gasteiger partial charge < -0.3 is 4.74 Å². The standard InChI is InChI=1S/C12H15Cl3O/c1-2-3-6-16-12(8-13)10-5-4-9(14)7-11(10)15/h4-5,7,12H,2-3,6,8H2,1H3. The summed E-state index contributed by atoms with van der Waals surface area (Å²) in [5, 5.41) is 1.23. The Hall–Kier alpha value is 0.0500. The first kappa shape index (κ1) is 14.1. The van der Waals surface area contributed by atoms with Crippen LogP contribution in [0.25, 0.3) is 0 Å². The lowest BCUT2D eigenvalue weighted by molar-refractivity contribution is 0.0661. The van der Waals surface area contributed by atoms with Gasteiger partial charge >= 0.3 is 0 Å². The third kappa shape index (κ3) is 4.14. The Morgan fingerprint density at radius 1 is 1.31 bits per heavy atom. The number of rotatable bonds is 6. The zero-order valence-corrected chi connectivity index (χ0v) is 11.4. The maximum atomic E-state index is 6.09. The minimum atomic E-state index is -0.155. The van der Waals surface area contributed by atoms with Crippen molar-refractivity contribution in [3.05, 3.63) is 33.8 Å². The minimum Gasteiger partial charge on any atom is -0.372 e. The van der Waals surface area contributed by atoms with Crippen molar-refractivity contribution < 1.29 is 4.74 Å². The van der Waals surface area contributed by atoms with Crippen molar-refractivity contribution in [2.24, 2.45) is 0 Å². The maximum absolute atomic E-state index is 6.09. The Labute approximate surface area is 112 Å². The first-order valence-corrected chi connectivity index (χ1v) is 6.60. The van der Waals surface area contributed by atoms with Crippen LogP contribution in [0.1, 0.15) is 31.4 Å². The first-order chi connectivity index (χ1) is 7.69. The highest BCUT2D eigenvalue weighted by Crippen LogP contribution is 2.29. The van der Waals surface area contributed by atoms with Crippen molar-refractivity contribution in [3.8, 4) is 0 Å². The van der Waals surface area contributed by atoms with Gasteiger partial charge in [0.1, 0.15) is 0 Å². The van der Waals surface area contributed by atoms with Gasteiger partial charge in [-0.25, -0.2) is 0 Å². The molecule has 1 unspecified atom stereocenters. The molecule has 0 spiro atoms. The SMILES string of the molecule is CCCCOC(CCl)c1ccc(Cl)cc1Cl. The Morgan fingerprint density at radius 3 is 2.62 bits per heavy atom. The van der Waals surface area contributed by atoms with Gasteiger partial charge in [-0.3, -0.25) is 0 Å². The quantitative estimate of drug-likeness (QED) is 0.521. The van der Waals surface area contributed by atoms with Gasteiger partial charge in [-0.1, -0.05) is 42.6 Å². The molecule has 1 atom stereocenters. The van der Waals surface area contributed by atoms with Gasteiger partial charge in [0.05, 0.1) is 12.0 Å². The van der Waals surface area contributed by atoms with E-state index in [0.29, 0.717) is 22.5 Å². The van der Waals surface area contributed by atoms with Crippen LogP contribution in [0.3, 0.4) is 0 Å². The van der Waals surface area contributed by atoms with Gasteiger partial charge in [-0.2, -0.15) is 0 Å². The van der Waals surface area contributed by atoms with Crippen LogP contribution in [-0.4, -0.2) is 12.5 Å². The summed E-state index contributed by atoms with van der Waals surface area (Å²) < 4.78 is 5.68. The van der Waals surface area contributed by atoms with Gasteiger partial charge in [0.15, 0.2) is 0 Å². The summed E-state index contributed by atoms with van der Waals surface area (Å²) in [6.45, 7) is 2.82. The normalized spacial score (nSPS) is 12.8. The molecule has 0 saturated carbocycles. The molecule has 0 aliphatic carbocycles. The Balaban J connectivity index is 2.70. The van der Waals surface area contributed by atoms with E-state index >= 15 is 0 Å². The van der Waals surface area contributed by atoms with Crippen LogP contribution >= 0.6 is 34.8 Å². The number of unbranched alkanes of at least 4 members (excludes halogenated alkanes) is 1. The Kier molecular flexibility index (Phi) is 6.52. The summed E-state index contributed by atoms with van der Waals surface area (Å²) in [7, 11) is 0. The number of halogens is 3. The summed E-state index contributed by atoms with van der Waals surface area (Å²) in [6, 6.07) is 5.37. The number of benzene rings is 1. The molecule has 1 aromatic carbocycles. The zero-order valence-electron chi connectivity index (χ0n) is 9.18. The predicted octanol–water partition coefficient (Wildman–Crippen LogP) is 5.09. The molecule has 0 amide bonds. The fourth-order valence-corrected chi connectivity index (χ4v) is 2.14. The van der Waals surface area contributed by atoms with Gasteiger partial charge in [0, 0.05) is 22.2 Å². The van der Waals surface area contributed by atoms with Crippen molar-refractivity contribution in [2.75, 3.05) is 12.5 Å². The van der Waals surface area contributed by atoms with Crippen molar-refractivity contribution >= 4 is 34.8 Å². The van der Waals surface area contributed by atoms with E-state index in [2.05, 4.69) is 6.92 Å². The molecule has 0 heterocycles. The lowest BCUT2D eigenvalue weighted by atomic mass is 10.1. The van der Waals surface area contributed by atoms with E-state index in [1.54, 1.807) is 12.1 Å². The Morgan fingerprint density at radius 2 is 2.06 bits per heavy atom. The molecule has 16 heavy (non-hydrogen) atoms. The second-order valence-electron chi connectivity index (χ2n) is 3.53. The van der Waals surface area contributed by atoms with Crippen LogP contribution in [0.15, 0.2) is 18.2 Å². The molecule has 90 valence electrons. The van der Waals surface area contributed by atoms with Crippen molar-refractivity contribution in [1.82, 2.24) is 0 Å². The van der Waals surface area contributed by atoms with Gasteiger partial charge in [-0.15, -0.1) is 11.6 Å². The largest absolute Gasteiger partial charge is 0.372 e. The zero-order chi connectivity index (χ0) is 12.0. The van der Waals surface area contributed by atoms with Crippen LogP contribution in [0, 0.1) is 0 Å². The molecule has 0 radical (unpaired) electrons. The minimum absolute atomic E-state index is 0.155. The average molecular weight is 282 g/mol. The van der Waals surface area contributed by atoms with E-state index in [9.17, 15) is 0 Å². The summed E-state index contributed by atoms with van der Waals surface area (Å²) in [5.41, 5.74) is 0.900. The molecule has 0 aromatic heterocycles. The molecule has 0 aliphatic heterocycles. The maximum Gasteiger partial charge on any atom is 0.0974 e. The number of hydrogen-bond acceptors (Lipinski definition) is 1. The molecule has 0 fully saturated rings. The highest BCUT2D eigenvalue weighted by atomic mass is 35.5. The number of alkyl halides is 1. The molecule has 0 saturated heterocycles. The number of hydrogen-bond donors (Lipinski definition) is 0. The molecule has 0 aliphatic rings. The predicted molar refractivity (Wildman–Crippen MR) is 70.8 cm³/mol. The molecule has 1 rings (SSSR count). The van der Waals surface area contributed by atoms with Crippen LogP contribution in [0.4, 0.5) is 0 Å². The van der Waals surface area contributed by atoms with E-state index in [-0.39, 0.29) is 6.10 Å². The van der Waals surface area contributed by atoms with Crippen molar-refractivity contribution in [3.63, 3.8) is 0 Å². The van der Waals surface area contributed by atoms with Gasteiger partial charge in [-0.05, 0) is 18.6 Å². The highest BCUT2D eigenvalue weighted by molar-refractivity contribution is 6.35. The summed E-state index contributed by atoms with van der Waals surface area (Å²) in [6.07, 6.45) is 1.97. The van der Waals surface area contributed by atoms with Crippen LogP contribution in [-0.2, 0) is 4.74 Å². The highest BCUT2D eigenvalue weighted by Gasteiger charge is 2.14. The van der Waals surface area contributed by atoms with E-state index in [1.165, 1.54) is 0 Å². The molecular weight excluding hydrogens is 266 g/mol. The van der Waals surface area contributed by atoms with Crippen LogP contribution in [0.5, 0.6) is 0 Å². The lowest BCUT2D eigenvalue weighted by Gasteiger charge is -2.17. The smallest absolute Gasteiger partial charge is 0.0974 e. The molecular formula is C12H15Cl3O. The van der Waals surface area contributed by atoms with Gasteiger partial charge in [0.2, 0.25) is 0 Å².